The van der Waals surface area contributed by atoms with Crippen molar-refractivity contribution in [3.8, 4) is 11.3 Å². The van der Waals surface area contributed by atoms with Crippen LogP contribution in [0.15, 0.2) is 54.6 Å². The fourth-order valence-corrected chi connectivity index (χ4v) is 3.49. The van der Waals surface area contributed by atoms with Crippen LogP contribution in [-0.2, 0) is 0 Å². The number of carbonyl (C=O) groups is 1. The molecule has 4 rings (SSSR count). The predicted octanol–water partition coefficient (Wildman–Crippen LogP) is 4.15. The number of rotatable bonds is 2. The largest absolute Gasteiger partial charge is 0.393 e. The van der Waals surface area contributed by atoms with Crippen molar-refractivity contribution in [2.45, 2.75) is 18.9 Å². The first kappa shape index (κ1) is 17.0. The van der Waals surface area contributed by atoms with Crippen LogP contribution in [0, 0.1) is 0 Å². The Balaban J connectivity index is 1.79. The van der Waals surface area contributed by atoms with E-state index in [1.807, 2.05) is 59.5 Å². The quantitative estimate of drug-likeness (QED) is 0.741. The van der Waals surface area contributed by atoms with E-state index in [0.717, 1.165) is 22.2 Å². The number of benzene rings is 2. The van der Waals surface area contributed by atoms with E-state index in [9.17, 15) is 9.90 Å². The summed E-state index contributed by atoms with van der Waals surface area (Å²) >= 11 is 5.99. The molecule has 0 atom stereocenters. The zero-order valence-corrected chi connectivity index (χ0v) is 15.0. The maximum absolute atomic E-state index is 13.2. The third-order valence-corrected chi connectivity index (χ3v) is 5.09. The van der Waals surface area contributed by atoms with Gasteiger partial charge in [-0.05, 0) is 37.1 Å². The third-order valence-electron chi connectivity index (χ3n) is 4.84. The fourth-order valence-electron chi connectivity index (χ4n) is 3.36. The molecule has 1 N–H and O–H groups in total. The Morgan fingerprint density at radius 2 is 1.77 bits per heavy atom. The second-order valence-corrected chi connectivity index (χ2v) is 7.04. The zero-order valence-electron chi connectivity index (χ0n) is 14.2. The molecule has 1 saturated heterocycles. The van der Waals surface area contributed by atoms with Gasteiger partial charge in [-0.1, -0.05) is 41.9 Å². The number of fused-ring (bicyclic) bond motifs is 1. The molecule has 132 valence electrons. The molecule has 1 amide bonds. The van der Waals surface area contributed by atoms with Crippen LogP contribution in [0.25, 0.3) is 22.2 Å². The normalized spacial score (nSPS) is 15.4. The molecule has 0 bridgehead atoms. The third kappa shape index (κ3) is 3.30. The van der Waals surface area contributed by atoms with Crippen molar-refractivity contribution in [2.24, 2.45) is 0 Å². The molecule has 0 aliphatic carbocycles. The summed E-state index contributed by atoms with van der Waals surface area (Å²) in [6, 6.07) is 17.0. The highest BCUT2D eigenvalue weighted by atomic mass is 35.5. The molecule has 1 aliphatic rings. The van der Waals surface area contributed by atoms with Gasteiger partial charge in [0.25, 0.3) is 5.91 Å². The summed E-state index contributed by atoms with van der Waals surface area (Å²) < 4.78 is 0. The molecule has 4 nitrogen and oxygen atoms in total. The topological polar surface area (TPSA) is 53.4 Å². The maximum Gasteiger partial charge on any atom is 0.254 e. The van der Waals surface area contributed by atoms with Crippen LogP contribution in [0.1, 0.15) is 23.2 Å². The highest BCUT2D eigenvalue weighted by Gasteiger charge is 2.24. The van der Waals surface area contributed by atoms with Crippen LogP contribution >= 0.6 is 11.6 Å². The first-order valence-electron chi connectivity index (χ1n) is 8.75. The Morgan fingerprint density at radius 3 is 2.50 bits per heavy atom. The SMILES string of the molecule is O=C(c1cc(-c2ccc(Cl)cc2)nc2ccccc12)N1CCC(O)CC1. The summed E-state index contributed by atoms with van der Waals surface area (Å²) in [4.78, 5) is 19.7. The van der Waals surface area contributed by atoms with Gasteiger partial charge < -0.3 is 10.0 Å². The monoisotopic (exact) mass is 366 g/mol. The summed E-state index contributed by atoms with van der Waals surface area (Å²) in [5.41, 5.74) is 3.11. The molecule has 1 fully saturated rings. The average Bonchev–Trinajstić information content (AvgIpc) is 2.68. The van der Waals surface area contributed by atoms with Crippen molar-refractivity contribution in [3.63, 3.8) is 0 Å². The van der Waals surface area contributed by atoms with E-state index >= 15 is 0 Å². The summed E-state index contributed by atoms with van der Waals surface area (Å²) in [6.07, 6.45) is 0.940. The van der Waals surface area contributed by atoms with Gasteiger partial charge in [0.05, 0.1) is 22.9 Å². The lowest BCUT2D eigenvalue weighted by atomic mass is 10.0. The Bertz CT molecular complexity index is 948. The van der Waals surface area contributed by atoms with Crippen molar-refractivity contribution in [3.05, 3.63) is 65.2 Å². The van der Waals surface area contributed by atoms with Crippen molar-refractivity contribution in [1.82, 2.24) is 9.88 Å². The van der Waals surface area contributed by atoms with Gasteiger partial charge >= 0.3 is 0 Å². The molecular formula is C21H19ClN2O2. The van der Waals surface area contributed by atoms with Gasteiger partial charge in [-0.3, -0.25) is 4.79 Å². The van der Waals surface area contributed by atoms with Gasteiger partial charge in [-0.2, -0.15) is 0 Å². The summed E-state index contributed by atoms with van der Waals surface area (Å²) in [7, 11) is 0. The molecular weight excluding hydrogens is 348 g/mol. The Labute approximate surface area is 157 Å². The van der Waals surface area contributed by atoms with E-state index in [1.54, 1.807) is 0 Å². The molecule has 3 aromatic rings. The molecule has 1 aliphatic heterocycles. The van der Waals surface area contributed by atoms with E-state index in [4.69, 9.17) is 16.6 Å². The van der Waals surface area contributed by atoms with Crippen LogP contribution < -0.4 is 0 Å². The number of carbonyl (C=O) groups excluding carboxylic acids is 1. The van der Waals surface area contributed by atoms with Crippen LogP contribution in [0.4, 0.5) is 0 Å². The van der Waals surface area contributed by atoms with Gasteiger partial charge in [0, 0.05) is 29.1 Å². The number of hydrogen-bond acceptors (Lipinski definition) is 3. The highest BCUT2D eigenvalue weighted by molar-refractivity contribution is 6.30. The summed E-state index contributed by atoms with van der Waals surface area (Å²) in [5, 5.41) is 11.2. The lowest BCUT2D eigenvalue weighted by Crippen LogP contribution is -2.40. The maximum atomic E-state index is 13.2. The van der Waals surface area contributed by atoms with E-state index < -0.39 is 0 Å². The number of nitrogens with zero attached hydrogens (tertiary/aromatic N) is 2. The number of hydrogen-bond donors (Lipinski definition) is 1. The van der Waals surface area contributed by atoms with E-state index in [-0.39, 0.29) is 12.0 Å². The summed E-state index contributed by atoms with van der Waals surface area (Å²) in [5.74, 6) is -0.00860. The number of halogens is 1. The first-order valence-corrected chi connectivity index (χ1v) is 9.13. The predicted molar refractivity (Wildman–Crippen MR) is 103 cm³/mol. The zero-order chi connectivity index (χ0) is 18.1. The molecule has 0 unspecified atom stereocenters. The second-order valence-electron chi connectivity index (χ2n) is 6.60. The first-order chi connectivity index (χ1) is 12.6. The van der Waals surface area contributed by atoms with Gasteiger partial charge in [-0.15, -0.1) is 0 Å². The van der Waals surface area contributed by atoms with E-state index in [2.05, 4.69) is 0 Å². The minimum atomic E-state index is -0.308. The Hall–Kier alpha value is -2.43. The highest BCUT2D eigenvalue weighted by Crippen LogP contribution is 2.27. The molecule has 2 aromatic carbocycles. The lowest BCUT2D eigenvalue weighted by molar-refractivity contribution is 0.0548. The Kier molecular flexibility index (Phi) is 4.62. The molecule has 5 heteroatoms. The number of likely N-dealkylation sites (tertiary alicyclic amines) is 1. The van der Waals surface area contributed by atoms with Crippen molar-refractivity contribution < 1.29 is 9.90 Å². The van der Waals surface area contributed by atoms with E-state index in [0.29, 0.717) is 36.5 Å². The number of amides is 1. The smallest absolute Gasteiger partial charge is 0.254 e. The van der Waals surface area contributed by atoms with Crippen LogP contribution in [0.2, 0.25) is 5.02 Å². The number of piperidine rings is 1. The number of pyridine rings is 1. The lowest BCUT2D eigenvalue weighted by Gasteiger charge is -2.30. The van der Waals surface area contributed by atoms with Crippen molar-refractivity contribution >= 4 is 28.4 Å². The average molecular weight is 367 g/mol. The van der Waals surface area contributed by atoms with Crippen LogP contribution in [0.3, 0.4) is 0 Å². The van der Waals surface area contributed by atoms with Crippen LogP contribution in [0.5, 0.6) is 0 Å². The van der Waals surface area contributed by atoms with Gasteiger partial charge in [0.1, 0.15) is 0 Å². The number of aromatic nitrogens is 1. The standard InChI is InChI=1S/C21H19ClN2O2/c22-15-7-5-14(6-8-15)20-13-18(17-3-1-2-4-19(17)23-20)21(26)24-11-9-16(25)10-12-24/h1-8,13,16,25H,9-12H2. The van der Waals surface area contributed by atoms with Gasteiger partial charge in [-0.25, -0.2) is 4.98 Å². The van der Waals surface area contributed by atoms with Crippen molar-refractivity contribution in [2.75, 3.05) is 13.1 Å². The minimum absolute atomic E-state index is 0.00860. The summed E-state index contributed by atoms with van der Waals surface area (Å²) in [6.45, 7) is 1.15. The van der Waals surface area contributed by atoms with Crippen LogP contribution in [-0.4, -0.2) is 40.1 Å². The molecule has 0 saturated carbocycles. The van der Waals surface area contributed by atoms with E-state index in [1.165, 1.54) is 0 Å². The second kappa shape index (κ2) is 7.06. The minimum Gasteiger partial charge on any atom is -0.393 e. The Morgan fingerprint density at radius 1 is 1.08 bits per heavy atom. The van der Waals surface area contributed by atoms with Gasteiger partial charge in [0.15, 0.2) is 0 Å². The number of para-hydroxylation sites is 1. The molecule has 26 heavy (non-hydrogen) atoms. The number of aliphatic hydroxyl groups is 1. The van der Waals surface area contributed by atoms with Gasteiger partial charge in [0.2, 0.25) is 0 Å². The molecule has 0 radical (unpaired) electrons. The van der Waals surface area contributed by atoms with Crippen molar-refractivity contribution in [1.29, 1.82) is 0 Å². The fraction of sp³-hybridized carbons (Fsp3) is 0.238. The molecule has 1 aromatic heterocycles. The molecule has 2 heterocycles. The molecule has 0 spiro atoms. The number of aliphatic hydroxyl groups excluding tert-OH is 1.